The molecule has 0 aromatic rings. The number of rotatable bonds is 5. The van der Waals surface area contributed by atoms with E-state index in [1.807, 2.05) is 0 Å². The van der Waals surface area contributed by atoms with E-state index in [0.717, 1.165) is 0 Å². The number of halogens is 1. The number of hydrogen-bond donors (Lipinski definition) is 1. The van der Waals surface area contributed by atoms with Gasteiger partial charge in [0.25, 0.3) is 0 Å². The molecule has 0 rings (SSSR count). The average molecular weight is 497 g/mol. The fourth-order valence-corrected chi connectivity index (χ4v) is 93.9. The van der Waals surface area contributed by atoms with E-state index in [1.165, 1.54) is 0 Å². The van der Waals surface area contributed by atoms with E-state index >= 15 is 0 Å². The van der Waals surface area contributed by atoms with E-state index in [-0.39, 0.29) is 35.4 Å². The Bertz CT molecular complexity index is 123. The lowest BCUT2D eigenvalue weighted by molar-refractivity contribution is 1.87. The molecule has 13 heteroatoms. The van der Waals surface area contributed by atoms with Crippen molar-refractivity contribution in [2.24, 2.45) is 0 Å². The van der Waals surface area contributed by atoms with E-state index in [2.05, 4.69) is 76.4 Å². The second kappa shape index (κ2) is 10.2. The van der Waals surface area contributed by atoms with Gasteiger partial charge in [0, 0.05) is 37.3 Å². The molecule has 0 heterocycles. The smallest absolute Gasteiger partial charge is 0.140 e. The van der Waals surface area contributed by atoms with Crippen molar-refractivity contribution in [3.63, 3.8) is 0 Å². The van der Waals surface area contributed by atoms with Crippen LogP contribution in [-0.2, 0) is 0 Å². The van der Waals surface area contributed by atoms with Gasteiger partial charge in [-0.05, 0) is 21.0 Å². The summed E-state index contributed by atoms with van der Waals surface area (Å²) in [5.74, 6) is 0. The predicted octanol–water partition coefficient (Wildman–Crippen LogP) is 6.65. The van der Waals surface area contributed by atoms with Gasteiger partial charge in [-0.15, -0.1) is 53.6 Å². The Balaban J connectivity index is 4.74. The topological polar surface area (TPSA) is 12.0 Å². The Morgan fingerprint density at radius 3 is 1.38 bits per heavy atom. The minimum absolute atomic E-state index is 0.0566. The summed E-state index contributed by atoms with van der Waals surface area (Å²) < 4.78 is 9.50. The van der Waals surface area contributed by atoms with Crippen LogP contribution in [0.1, 0.15) is 0 Å². The highest BCUT2D eigenvalue weighted by molar-refractivity contribution is 14.1. The van der Waals surface area contributed by atoms with Crippen LogP contribution in [0.4, 0.5) is 0 Å². The zero-order chi connectivity index (χ0) is 11.5. The summed E-state index contributed by atoms with van der Waals surface area (Å²) in [5.41, 5.74) is 0. The van der Waals surface area contributed by atoms with E-state index in [0.29, 0.717) is 0 Å². The summed E-state index contributed by atoms with van der Waals surface area (Å²) in [6.07, 6.45) is 0. The molecule has 0 aromatic heterocycles. The van der Waals surface area contributed by atoms with Crippen molar-refractivity contribution in [3.05, 3.63) is 0 Å². The molecule has 0 bridgehead atoms. The van der Waals surface area contributed by atoms with Crippen LogP contribution in [0.25, 0.3) is 0 Å². The number of hydrogen-bond acceptors (Lipinski definition) is 1. The minimum Gasteiger partial charge on any atom is -0.230 e. The Kier molecular flexibility index (Phi) is 13.0. The molecule has 0 radical (unpaired) electrons. The SMILES string of the molecule is [3H]N(I)P(P(P)P)P(P(P)P)P(P)P. The average Bonchev–Trinajstić information content (AvgIpc) is 1.96. The standard InChI is InChI=1S/H13INP11/c1-2-9(10(3)4)13(11(5)6)12(7)8/h2H,3-8H2/i/hT. The molecule has 13 heavy (non-hydrogen) atoms. The van der Waals surface area contributed by atoms with Gasteiger partial charge in [0.2, 0.25) is 0 Å². The maximum absolute atomic E-state index is 7.82. The molecule has 0 amide bonds. The molecular weight excluding hydrogens is 482 g/mol. The molecule has 0 aromatic carbocycles. The fraction of sp³-hybridized carbons (Fsp3) is 0. The summed E-state index contributed by atoms with van der Waals surface area (Å²) in [6, 6.07) is 0. The predicted molar refractivity (Wildman–Crippen MR) is 110 cm³/mol. The van der Waals surface area contributed by atoms with Crippen LogP contribution in [0.3, 0.4) is 0 Å². The summed E-state index contributed by atoms with van der Waals surface area (Å²) in [4.78, 5) is 0. The van der Waals surface area contributed by atoms with E-state index < -0.39 is 0 Å². The molecule has 0 fully saturated rings. The molecule has 1 nitrogen and oxygen atoms in total. The zero-order valence-electron chi connectivity index (χ0n) is 7.53. The van der Waals surface area contributed by atoms with Crippen molar-refractivity contribution in [2.75, 3.05) is 0 Å². The van der Waals surface area contributed by atoms with Crippen molar-refractivity contribution in [2.45, 2.75) is 0 Å². The Labute approximate surface area is 115 Å². The third kappa shape index (κ3) is 7.55. The molecule has 0 aliphatic rings. The quantitative estimate of drug-likeness (QED) is 0.255. The summed E-state index contributed by atoms with van der Waals surface area (Å²) in [5, 5.41) is 0. The van der Waals surface area contributed by atoms with Gasteiger partial charge >= 0.3 is 0 Å². The van der Waals surface area contributed by atoms with Crippen molar-refractivity contribution >= 4 is 112 Å². The third-order valence-electron chi connectivity index (χ3n) is 0.847. The van der Waals surface area contributed by atoms with Crippen molar-refractivity contribution in [1.82, 2.24) is 3.29 Å². The lowest BCUT2D eigenvalue weighted by atomic mass is 13.9. The molecule has 0 aliphatic heterocycles. The third-order valence-corrected chi connectivity index (χ3v) is 57.3. The van der Waals surface area contributed by atoms with Gasteiger partial charge in [0.1, 0.15) is 1.41 Å². The van der Waals surface area contributed by atoms with Gasteiger partial charge in [-0.1, -0.05) is 0 Å². The maximum Gasteiger partial charge on any atom is 0.140 e. The Morgan fingerprint density at radius 1 is 0.923 bits per heavy atom. The maximum atomic E-state index is 7.82. The van der Waals surface area contributed by atoms with Crippen LogP contribution in [0.2, 0.25) is 1.41 Å². The minimum atomic E-state index is -0.304. The van der Waals surface area contributed by atoms with E-state index in [1.54, 1.807) is 3.29 Å². The first-order valence-electron chi connectivity index (χ1n) is 3.17. The first-order valence-corrected chi connectivity index (χ1v) is 22.9. The van der Waals surface area contributed by atoms with Crippen molar-refractivity contribution in [3.8, 4) is 0 Å². The highest BCUT2D eigenvalue weighted by Crippen LogP contribution is 3.13. The second-order valence-corrected chi connectivity index (χ2v) is 43.6. The normalized spacial score (nSPS) is 16.5. The van der Waals surface area contributed by atoms with E-state index in [4.69, 9.17) is 1.41 Å². The molecule has 0 saturated heterocycles. The number of nitrogens with one attached hydrogen (secondary N) is 1. The highest BCUT2D eigenvalue weighted by atomic mass is 127. The second-order valence-electron chi connectivity index (χ2n) is 1.75. The lowest BCUT2D eigenvalue weighted by Crippen LogP contribution is -1.77. The molecular formula is H13INP11. The highest BCUT2D eigenvalue weighted by Gasteiger charge is 2.29. The van der Waals surface area contributed by atoms with Gasteiger partial charge in [-0.3, -0.25) is 0 Å². The molecule has 7 atom stereocenters. The molecule has 0 spiro atoms. The van der Waals surface area contributed by atoms with Crippen LogP contribution >= 0.6 is 112 Å². The van der Waals surface area contributed by atoms with Gasteiger partial charge in [-0.2, -0.15) is 0 Å². The van der Waals surface area contributed by atoms with Gasteiger partial charge in [-0.25, -0.2) is 3.29 Å². The van der Waals surface area contributed by atoms with Gasteiger partial charge < -0.3 is 0 Å². The fourth-order valence-electron chi connectivity index (χ4n) is 0.466. The molecule has 0 aliphatic carbocycles. The largest absolute Gasteiger partial charge is 0.230 e. The molecule has 0 saturated carbocycles. The summed E-state index contributed by atoms with van der Waals surface area (Å²) in [7, 11) is 17.2. The van der Waals surface area contributed by atoms with Crippen LogP contribution in [-0.4, -0.2) is 0 Å². The zero-order valence-corrected chi connectivity index (χ0v) is 20.1. The van der Waals surface area contributed by atoms with Gasteiger partial charge in [0.15, 0.2) is 0 Å². The van der Waals surface area contributed by atoms with E-state index in [9.17, 15) is 0 Å². The molecule has 7 unspecified atom stereocenters. The first kappa shape index (κ1) is 16.5. The van der Waals surface area contributed by atoms with Crippen molar-refractivity contribution < 1.29 is 1.41 Å². The summed E-state index contributed by atoms with van der Waals surface area (Å²) in [6.45, 7) is -0.368. The van der Waals surface area contributed by atoms with Gasteiger partial charge in [0.05, 0.1) is 0 Å². The van der Waals surface area contributed by atoms with Crippen molar-refractivity contribution in [1.29, 1.82) is 0 Å². The molecule has 1 N–H and O–H groups in total. The Morgan fingerprint density at radius 2 is 1.31 bits per heavy atom. The molecule has 80 valence electrons. The van der Waals surface area contributed by atoms with Crippen LogP contribution in [0.5, 0.6) is 0 Å². The van der Waals surface area contributed by atoms with Crippen LogP contribution in [0, 0.1) is 0 Å². The lowest BCUT2D eigenvalue weighted by Gasteiger charge is -2.34. The first-order chi connectivity index (χ1) is 6.29. The monoisotopic (exact) mass is 497 g/mol. The Hall–Kier alpha value is 5.42. The van der Waals surface area contributed by atoms with Crippen LogP contribution in [0.15, 0.2) is 0 Å². The summed E-state index contributed by atoms with van der Waals surface area (Å²) >= 11 is 2.12. The van der Waals surface area contributed by atoms with Crippen LogP contribution < -0.4 is 3.29 Å².